The number of rotatable bonds is 0. The summed E-state index contributed by atoms with van der Waals surface area (Å²) in [5, 5.41) is 9.96. The highest BCUT2D eigenvalue weighted by molar-refractivity contribution is 9.10. The van der Waals surface area contributed by atoms with E-state index in [0.29, 0.717) is 5.56 Å². The van der Waals surface area contributed by atoms with Crippen LogP contribution in [0.3, 0.4) is 0 Å². The molecule has 0 fully saturated rings. The molecule has 112 valence electrons. The van der Waals surface area contributed by atoms with Crippen molar-refractivity contribution in [3.8, 4) is 6.07 Å². The van der Waals surface area contributed by atoms with E-state index >= 15 is 0 Å². The Bertz CT molecular complexity index is 1040. The maximum atomic E-state index is 13.0. The number of fused-ring (bicyclic) bond motifs is 4. The molecule has 0 radical (unpaired) electrons. The fourth-order valence-electron chi connectivity index (χ4n) is 3.41. The summed E-state index contributed by atoms with van der Waals surface area (Å²) in [4.78, 5) is 16.4. The lowest BCUT2D eigenvalue weighted by Crippen LogP contribution is -2.17. The Labute approximate surface area is 142 Å². The number of H-pyrrole nitrogens is 1. The second-order valence-electron chi connectivity index (χ2n) is 6.03. The van der Waals surface area contributed by atoms with Crippen molar-refractivity contribution in [1.82, 2.24) is 4.98 Å². The Morgan fingerprint density at radius 3 is 2.78 bits per heavy atom. The minimum absolute atomic E-state index is 0.0461. The molecular weight excluding hydrogens is 352 g/mol. The molecule has 1 unspecified atom stereocenters. The third kappa shape index (κ3) is 1.90. The summed E-state index contributed by atoms with van der Waals surface area (Å²) < 4.78 is 0.951. The Morgan fingerprint density at radius 2 is 2.04 bits per heavy atom. The van der Waals surface area contributed by atoms with Gasteiger partial charge in [-0.15, -0.1) is 0 Å². The van der Waals surface area contributed by atoms with Gasteiger partial charge in [0.15, 0.2) is 5.78 Å². The number of carbonyl (C=O) groups is 1. The highest BCUT2D eigenvalue weighted by Crippen LogP contribution is 2.41. The average molecular weight is 365 g/mol. The number of hydrogen-bond acceptors (Lipinski definition) is 2. The normalized spacial score (nSPS) is 16.1. The molecule has 1 aliphatic rings. The van der Waals surface area contributed by atoms with Crippen LogP contribution in [0.5, 0.6) is 0 Å². The molecule has 0 aliphatic heterocycles. The second kappa shape index (κ2) is 4.81. The molecule has 0 spiro atoms. The largest absolute Gasteiger partial charge is 0.357 e. The summed E-state index contributed by atoms with van der Waals surface area (Å²) in [5.41, 5.74) is 6.04. The highest BCUT2D eigenvalue weighted by Gasteiger charge is 2.32. The summed E-state index contributed by atoms with van der Waals surface area (Å²) in [6, 6.07) is 11.6. The van der Waals surface area contributed by atoms with Gasteiger partial charge in [-0.1, -0.05) is 35.0 Å². The first-order valence-corrected chi connectivity index (χ1v) is 8.21. The average Bonchev–Trinajstić information content (AvgIpc) is 2.93. The predicted molar refractivity (Wildman–Crippen MR) is 92.8 cm³/mol. The number of nitrogens with zero attached hydrogens (tertiary/aromatic N) is 1. The van der Waals surface area contributed by atoms with Crippen LogP contribution in [0.2, 0.25) is 0 Å². The third-order valence-electron chi connectivity index (χ3n) is 4.66. The standard InChI is InChI=1S/C19H13BrN2O/c1-9-5-13-10(2)18-17(19(23)14(13)7-15(9)20)12-4-3-11(8-21)6-16(12)22-18/h3-7,10,22H,1-2H3. The van der Waals surface area contributed by atoms with E-state index < -0.39 is 0 Å². The molecule has 4 heteroatoms. The van der Waals surface area contributed by atoms with Crippen LogP contribution in [0, 0.1) is 18.3 Å². The molecule has 4 rings (SSSR count). The summed E-state index contributed by atoms with van der Waals surface area (Å²) in [7, 11) is 0. The molecule has 3 aromatic rings. The monoisotopic (exact) mass is 364 g/mol. The molecule has 2 aromatic carbocycles. The lowest BCUT2D eigenvalue weighted by molar-refractivity contribution is 0.103. The van der Waals surface area contributed by atoms with E-state index in [4.69, 9.17) is 5.26 Å². The molecule has 0 saturated carbocycles. The van der Waals surface area contributed by atoms with Crippen molar-refractivity contribution in [1.29, 1.82) is 5.26 Å². The maximum absolute atomic E-state index is 13.0. The Hall–Kier alpha value is -2.38. The van der Waals surface area contributed by atoms with Crippen molar-refractivity contribution in [2.75, 3.05) is 0 Å². The smallest absolute Gasteiger partial charge is 0.195 e. The van der Waals surface area contributed by atoms with Crippen molar-refractivity contribution in [2.45, 2.75) is 19.8 Å². The van der Waals surface area contributed by atoms with E-state index in [1.807, 2.05) is 19.1 Å². The lowest BCUT2D eigenvalue weighted by Gasteiger charge is -2.23. The molecule has 23 heavy (non-hydrogen) atoms. The van der Waals surface area contributed by atoms with Crippen LogP contribution < -0.4 is 0 Å². The molecule has 1 N–H and O–H groups in total. The number of hydrogen-bond donors (Lipinski definition) is 1. The second-order valence-corrected chi connectivity index (χ2v) is 6.88. The summed E-state index contributed by atoms with van der Waals surface area (Å²) in [6.45, 7) is 4.14. The number of nitrogens with one attached hydrogen (secondary N) is 1. The maximum Gasteiger partial charge on any atom is 0.195 e. The molecule has 1 atom stereocenters. The summed E-state index contributed by atoms with van der Waals surface area (Å²) >= 11 is 3.52. The fourth-order valence-corrected chi connectivity index (χ4v) is 3.75. The zero-order valence-corrected chi connectivity index (χ0v) is 14.3. The van der Waals surface area contributed by atoms with Gasteiger partial charge >= 0.3 is 0 Å². The van der Waals surface area contributed by atoms with Gasteiger partial charge in [0, 0.05) is 32.6 Å². The van der Waals surface area contributed by atoms with E-state index in [1.165, 1.54) is 0 Å². The van der Waals surface area contributed by atoms with Crippen molar-refractivity contribution in [3.05, 3.63) is 68.3 Å². The van der Waals surface area contributed by atoms with Crippen LogP contribution in [-0.4, -0.2) is 10.8 Å². The number of aryl methyl sites for hydroxylation is 1. The number of ketones is 1. The summed E-state index contributed by atoms with van der Waals surface area (Å²) in [6.07, 6.45) is 0. The van der Waals surface area contributed by atoms with Crippen molar-refractivity contribution >= 4 is 32.6 Å². The van der Waals surface area contributed by atoms with Gasteiger partial charge in [-0.25, -0.2) is 0 Å². The third-order valence-corrected chi connectivity index (χ3v) is 5.51. The van der Waals surface area contributed by atoms with Crippen LogP contribution in [0.15, 0.2) is 34.8 Å². The quantitative estimate of drug-likeness (QED) is 0.622. The Balaban J connectivity index is 2.04. The van der Waals surface area contributed by atoms with Gasteiger partial charge in [0.1, 0.15) is 0 Å². The van der Waals surface area contributed by atoms with Crippen LogP contribution >= 0.6 is 15.9 Å². The first-order chi connectivity index (χ1) is 11.0. The van der Waals surface area contributed by atoms with Crippen molar-refractivity contribution in [2.24, 2.45) is 0 Å². The van der Waals surface area contributed by atoms with E-state index in [9.17, 15) is 4.79 Å². The zero-order valence-electron chi connectivity index (χ0n) is 12.7. The topological polar surface area (TPSA) is 56.6 Å². The van der Waals surface area contributed by atoms with E-state index in [2.05, 4.69) is 40.0 Å². The van der Waals surface area contributed by atoms with Gasteiger partial charge in [0.2, 0.25) is 0 Å². The van der Waals surface area contributed by atoms with Crippen molar-refractivity contribution < 1.29 is 4.79 Å². The molecule has 0 saturated heterocycles. The number of carbonyl (C=O) groups excluding carboxylic acids is 1. The minimum atomic E-state index is 0.0461. The Morgan fingerprint density at radius 1 is 1.26 bits per heavy atom. The molecule has 1 heterocycles. The number of benzene rings is 2. The summed E-state index contributed by atoms with van der Waals surface area (Å²) in [5.74, 6) is 0.159. The number of halogens is 1. The van der Waals surface area contributed by atoms with E-state index in [-0.39, 0.29) is 11.7 Å². The molecule has 0 bridgehead atoms. The van der Waals surface area contributed by atoms with Crippen LogP contribution in [-0.2, 0) is 0 Å². The molecule has 3 nitrogen and oxygen atoms in total. The first-order valence-electron chi connectivity index (χ1n) is 7.41. The van der Waals surface area contributed by atoms with Gasteiger partial charge < -0.3 is 4.98 Å². The number of aromatic amines is 1. The van der Waals surface area contributed by atoms with Gasteiger partial charge in [-0.2, -0.15) is 5.26 Å². The fraction of sp³-hybridized carbons (Fsp3) is 0.158. The first kappa shape index (κ1) is 14.2. The predicted octanol–water partition coefficient (Wildman–Crippen LogP) is 4.81. The molecule has 1 aliphatic carbocycles. The lowest BCUT2D eigenvalue weighted by atomic mass is 9.80. The number of nitriles is 1. The van der Waals surface area contributed by atoms with Crippen LogP contribution in [0.25, 0.3) is 10.9 Å². The highest BCUT2D eigenvalue weighted by atomic mass is 79.9. The SMILES string of the molecule is Cc1cc2c(cc1Br)C(=O)c1c([nH]c3cc(C#N)ccc13)C2C. The van der Waals surface area contributed by atoms with Gasteiger partial charge in [-0.05, 0) is 36.2 Å². The van der Waals surface area contributed by atoms with Gasteiger partial charge in [0.05, 0.1) is 17.2 Å². The van der Waals surface area contributed by atoms with Gasteiger partial charge in [0.25, 0.3) is 0 Å². The van der Waals surface area contributed by atoms with E-state index in [0.717, 1.165) is 43.3 Å². The van der Waals surface area contributed by atoms with Crippen molar-refractivity contribution in [3.63, 3.8) is 0 Å². The molecular formula is C19H13BrN2O. The Kier molecular flexibility index (Phi) is 2.97. The molecule has 0 amide bonds. The van der Waals surface area contributed by atoms with E-state index in [1.54, 1.807) is 12.1 Å². The van der Waals surface area contributed by atoms with Crippen LogP contribution in [0.1, 0.15) is 51.1 Å². The van der Waals surface area contributed by atoms with Gasteiger partial charge in [-0.3, -0.25) is 4.79 Å². The number of aromatic nitrogens is 1. The zero-order chi connectivity index (χ0) is 16.3. The minimum Gasteiger partial charge on any atom is -0.357 e. The molecule has 1 aromatic heterocycles. The van der Waals surface area contributed by atoms with Crippen LogP contribution in [0.4, 0.5) is 0 Å².